The molecular formula is C17H17ClN2O5. The largest absolute Gasteiger partial charge is 0.486 e. The summed E-state index contributed by atoms with van der Waals surface area (Å²) in [5.41, 5.74) is 0.683. The molecule has 1 aromatic heterocycles. The predicted molar refractivity (Wildman–Crippen MR) is 89.7 cm³/mol. The average Bonchev–Trinajstić information content (AvgIpc) is 3.12. The molecule has 0 fully saturated rings. The van der Waals surface area contributed by atoms with Gasteiger partial charge in [0.2, 0.25) is 11.8 Å². The lowest BCUT2D eigenvalue weighted by Crippen LogP contribution is -2.37. The van der Waals surface area contributed by atoms with E-state index in [2.05, 4.69) is 10.6 Å². The van der Waals surface area contributed by atoms with E-state index in [0.717, 1.165) is 0 Å². The van der Waals surface area contributed by atoms with E-state index in [1.165, 1.54) is 6.26 Å². The van der Waals surface area contributed by atoms with Gasteiger partial charge >= 0.3 is 0 Å². The fourth-order valence-corrected chi connectivity index (χ4v) is 2.64. The van der Waals surface area contributed by atoms with Gasteiger partial charge < -0.3 is 24.5 Å². The Morgan fingerprint density at radius 3 is 2.76 bits per heavy atom. The van der Waals surface area contributed by atoms with E-state index in [9.17, 15) is 9.59 Å². The number of hydrogen-bond acceptors (Lipinski definition) is 5. The number of rotatable bonds is 6. The molecule has 2 heterocycles. The molecule has 7 nitrogen and oxygen atoms in total. The molecule has 0 unspecified atom stereocenters. The quantitative estimate of drug-likeness (QED) is 0.814. The van der Waals surface area contributed by atoms with Crippen molar-refractivity contribution in [1.82, 2.24) is 10.6 Å². The lowest BCUT2D eigenvalue weighted by atomic mass is 10.1. The Hall–Kier alpha value is -2.67. The molecule has 1 aromatic carbocycles. The molecule has 0 atom stereocenters. The van der Waals surface area contributed by atoms with Crippen LogP contribution in [0.3, 0.4) is 0 Å². The molecular weight excluding hydrogens is 348 g/mol. The summed E-state index contributed by atoms with van der Waals surface area (Å²) >= 11 is 6.14. The minimum absolute atomic E-state index is 0.0851. The molecule has 132 valence electrons. The maximum Gasteiger partial charge on any atom is 0.239 e. The van der Waals surface area contributed by atoms with E-state index in [0.29, 0.717) is 41.1 Å². The van der Waals surface area contributed by atoms with Gasteiger partial charge in [-0.25, -0.2) is 0 Å². The van der Waals surface area contributed by atoms with E-state index in [1.807, 2.05) is 0 Å². The SMILES string of the molecule is O=C(CNC(=O)Cc1cc(Cl)c2c(c1)OCCO2)NCc1ccco1. The molecule has 0 spiro atoms. The van der Waals surface area contributed by atoms with Gasteiger partial charge in [-0.1, -0.05) is 11.6 Å². The molecule has 8 heteroatoms. The molecule has 25 heavy (non-hydrogen) atoms. The number of furan rings is 1. The van der Waals surface area contributed by atoms with Crippen molar-refractivity contribution in [1.29, 1.82) is 0 Å². The molecule has 0 radical (unpaired) electrons. The zero-order valence-corrected chi connectivity index (χ0v) is 14.1. The second-order valence-electron chi connectivity index (χ2n) is 5.41. The van der Waals surface area contributed by atoms with Crippen molar-refractivity contribution in [2.45, 2.75) is 13.0 Å². The van der Waals surface area contributed by atoms with Gasteiger partial charge in [-0.05, 0) is 29.8 Å². The molecule has 0 saturated carbocycles. The highest BCUT2D eigenvalue weighted by Crippen LogP contribution is 2.38. The van der Waals surface area contributed by atoms with E-state index in [4.69, 9.17) is 25.5 Å². The minimum Gasteiger partial charge on any atom is -0.486 e. The third kappa shape index (κ3) is 4.67. The average molecular weight is 365 g/mol. The van der Waals surface area contributed by atoms with Crippen LogP contribution < -0.4 is 20.1 Å². The van der Waals surface area contributed by atoms with E-state index in [-0.39, 0.29) is 31.3 Å². The van der Waals surface area contributed by atoms with Gasteiger partial charge in [0.1, 0.15) is 19.0 Å². The first kappa shape index (κ1) is 17.2. The Morgan fingerprint density at radius 2 is 1.96 bits per heavy atom. The summed E-state index contributed by atoms with van der Waals surface area (Å²) in [6.45, 7) is 1.05. The fraction of sp³-hybridized carbons (Fsp3) is 0.294. The first-order valence-corrected chi connectivity index (χ1v) is 8.13. The number of nitrogens with one attached hydrogen (secondary N) is 2. The number of carbonyl (C=O) groups excluding carboxylic acids is 2. The molecule has 1 aliphatic heterocycles. The maximum absolute atomic E-state index is 12.0. The van der Waals surface area contributed by atoms with Crippen molar-refractivity contribution >= 4 is 23.4 Å². The third-order valence-electron chi connectivity index (χ3n) is 3.51. The van der Waals surface area contributed by atoms with Gasteiger partial charge in [0.25, 0.3) is 0 Å². The molecule has 0 aliphatic carbocycles. The molecule has 1 aliphatic rings. The Bertz CT molecular complexity index is 761. The van der Waals surface area contributed by atoms with Gasteiger partial charge in [0.15, 0.2) is 11.5 Å². The number of benzene rings is 1. The highest BCUT2D eigenvalue weighted by Gasteiger charge is 2.17. The number of fused-ring (bicyclic) bond motifs is 1. The zero-order chi connectivity index (χ0) is 17.6. The smallest absolute Gasteiger partial charge is 0.239 e. The van der Waals surface area contributed by atoms with Crippen molar-refractivity contribution in [2.24, 2.45) is 0 Å². The molecule has 2 amide bonds. The molecule has 3 rings (SSSR count). The van der Waals surface area contributed by atoms with Crippen LogP contribution in [0, 0.1) is 0 Å². The summed E-state index contributed by atoms with van der Waals surface area (Å²) in [4.78, 5) is 23.7. The van der Waals surface area contributed by atoms with Crippen LogP contribution in [0.4, 0.5) is 0 Å². The lowest BCUT2D eigenvalue weighted by Gasteiger charge is -2.20. The molecule has 0 saturated heterocycles. The van der Waals surface area contributed by atoms with Crippen molar-refractivity contribution in [3.8, 4) is 11.5 Å². The summed E-state index contributed by atoms with van der Waals surface area (Å²) in [6, 6.07) is 6.87. The second kappa shape index (κ2) is 7.94. The first-order chi connectivity index (χ1) is 12.1. The van der Waals surface area contributed by atoms with Gasteiger partial charge in [-0.3, -0.25) is 9.59 Å². The van der Waals surface area contributed by atoms with Crippen molar-refractivity contribution < 1.29 is 23.5 Å². The van der Waals surface area contributed by atoms with Crippen LogP contribution in [-0.2, 0) is 22.6 Å². The normalized spacial score (nSPS) is 12.5. The van der Waals surface area contributed by atoms with Crippen LogP contribution in [0.15, 0.2) is 34.9 Å². The number of ether oxygens (including phenoxy) is 2. The highest BCUT2D eigenvalue weighted by atomic mass is 35.5. The van der Waals surface area contributed by atoms with Crippen molar-refractivity contribution in [3.05, 3.63) is 46.9 Å². The van der Waals surface area contributed by atoms with Crippen LogP contribution >= 0.6 is 11.6 Å². The third-order valence-corrected chi connectivity index (χ3v) is 3.79. The van der Waals surface area contributed by atoms with Crippen LogP contribution in [0.25, 0.3) is 0 Å². The van der Waals surface area contributed by atoms with Crippen LogP contribution in [0.2, 0.25) is 5.02 Å². The van der Waals surface area contributed by atoms with E-state index < -0.39 is 0 Å². The van der Waals surface area contributed by atoms with Crippen LogP contribution in [0.5, 0.6) is 11.5 Å². The van der Waals surface area contributed by atoms with E-state index in [1.54, 1.807) is 24.3 Å². The minimum atomic E-state index is -0.301. The first-order valence-electron chi connectivity index (χ1n) is 7.75. The number of amides is 2. The number of halogens is 1. The predicted octanol–water partition coefficient (Wildman–Crippen LogP) is 1.68. The van der Waals surface area contributed by atoms with Gasteiger partial charge in [0, 0.05) is 0 Å². The topological polar surface area (TPSA) is 89.8 Å². The number of hydrogen-bond donors (Lipinski definition) is 2. The molecule has 2 N–H and O–H groups in total. The summed E-state index contributed by atoms with van der Waals surface area (Å²) in [5.74, 6) is 1.07. The van der Waals surface area contributed by atoms with Gasteiger partial charge in [-0.15, -0.1) is 0 Å². The van der Waals surface area contributed by atoms with Crippen molar-refractivity contribution in [3.63, 3.8) is 0 Å². The van der Waals surface area contributed by atoms with Gasteiger partial charge in [-0.2, -0.15) is 0 Å². The maximum atomic E-state index is 12.0. The standard InChI is InChI=1S/C17H17ClN2O5/c18-13-6-11(7-14-17(13)25-5-4-24-14)8-15(21)20-10-16(22)19-9-12-2-1-3-23-12/h1-3,6-7H,4-5,8-10H2,(H,19,22)(H,20,21). The summed E-state index contributed by atoms with van der Waals surface area (Å²) in [7, 11) is 0. The molecule has 0 bridgehead atoms. The Labute approximate surface area is 149 Å². The van der Waals surface area contributed by atoms with Crippen LogP contribution in [0.1, 0.15) is 11.3 Å². The van der Waals surface area contributed by atoms with Crippen molar-refractivity contribution in [2.75, 3.05) is 19.8 Å². The fourth-order valence-electron chi connectivity index (χ4n) is 2.35. The summed E-state index contributed by atoms with van der Waals surface area (Å²) < 4.78 is 16.0. The Morgan fingerprint density at radius 1 is 1.12 bits per heavy atom. The second-order valence-corrected chi connectivity index (χ2v) is 5.82. The Kier molecular flexibility index (Phi) is 5.45. The lowest BCUT2D eigenvalue weighted by molar-refractivity contribution is -0.125. The Balaban J connectivity index is 1.47. The zero-order valence-electron chi connectivity index (χ0n) is 13.3. The summed E-state index contributed by atoms with van der Waals surface area (Å²) in [6.07, 6.45) is 1.61. The van der Waals surface area contributed by atoms with Crippen LogP contribution in [-0.4, -0.2) is 31.6 Å². The van der Waals surface area contributed by atoms with Gasteiger partial charge in [0.05, 0.1) is 30.8 Å². The number of carbonyl (C=O) groups is 2. The monoisotopic (exact) mass is 364 g/mol. The van der Waals surface area contributed by atoms with E-state index >= 15 is 0 Å². The summed E-state index contributed by atoms with van der Waals surface area (Å²) in [5, 5.41) is 5.61. The molecule has 2 aromatic rings. The highest BCUT2D eigenvalue weighted by molar-refractivity contribution is 6.32.